The first-order chi connectivity index (χ1) is 8.43. The average Bonchev–Trinajstić information content (AvgIpc) is 2.28. The van der Waals surface area contributed by atoms with Gasteiger partial charge in [0.15, 0.2) is 0 Å². The predicted octanol–water partition coefficient (Wildman–Crippen LogP) is 2.20. The van der Waals surface area contributed by atoms with Crippen molar-refractivity contribution >= 4 is 5.95 Å². The molecular weight excluding hydrogens is 224 g/mol. The van der Waals surface area contributed by atoms with Crippen LogP contribution < -0.4 is 10.2 Å². The minimum absolute atomic E-state index is 0.439. The summed E-state index contributed by atoms with van der Waals surface area (Å²) in [5.41, 5.74) is 2.16. The number of aromatic nitrogens is 2. The van der Waals surface area contributed by atoms with Gasteiger partial charge in [-0.05, 0) is 38.4 Å². The van der Waals surface area contributed by atoms with Crippen LogP contribution in [0.5, 0.6) is 0 Å². The van der Waals surface area contributed by atoms with Crippen molar-refractivity contribution in [3.8, 4) is 0 Å². The number of aryl methyl sites for hydroxylation is 1. The van der Waals surface area contributed by atoms with Crippen LogP contribution in [0.3, 0.4) is 0 Å². The second-order valence-electron chi connectivity index (χ2n) is 5.43. The topological polar surface area (TPSA) is 41.0 Å². The van der Waals surface area contributed by atoms with Crippen LogP contribution in [0.25, 0.3) is 0 Å². The monoisotopic (exact) mass is 250 g/mol. The molecule has 1 unspecified atom stereocenters. The quantitative estimate of drug-likeness (QED) is 0.840. The Balaban J connectivity index is 2.81. The van der Waals surface area contributed by atoms with Gasteiger partial charge in [0.25, 0.3) is 0 Å². The van der Waals surface area contributed by atoms with Gasteiger partial charge < -0.3 is 10.2 Å². The summed E-state index contributed by atoms with van der Waals surface area (Å²) in [5.74, 6) is 1.85. The maximum Gasteiger partial charge on any atom is 0.225 e. The van der Waals surface area contributed by atoms with Crippen molar-refractivity contribution in [2.75, 3.05) is 32.1 Å². The van der Waals surface area contributed by atoms with Gasteiger partial charge in [0.1, 0.15) is 0 Å². The highest BCUT2D eigenvalue weighted by atomic mass is 15.2. The van der Waals surface area contributed by atoms with Crippen LogP contribution in [0.2, 0.25) is 0 Å². The highest BCUT2D eigenvalue weighted by Crippen LogP contribution is 2.16. The largest absolute Gasteiger partial charge is 0.344 e. The van der Waals surface area contributed by atoms with Crippen molar-refractivity contribution in [2.45, 2.75) is 33.6 Å². The molecule has 1 heterocycles. The Morgan fingerprint density at radius 3 is 2.50 bits per heavy atom. The van der Waals surface area contributed by atoms with E-state index in [1.54, 1.807) is 0 Å². The Hall–Kier alpha value is -1.16. The maximum atomic E-state index is 4.64. The van der Waals surface area contributed by atoms with Gasteiger partial charge in [0.2, 0.25) is 5.95 Å². The summed E-state index contributed by atoms with van der Waals surface area (Å²) in [5, 5.41) is 3.20. The van der Waals surface area contributed by atoms with E-state index in [0.717, 1.165) is 30.4 Å². The summed E-state index contributed by atoms with van der Waals surface area (Å²) in [6, 6.07) is 2.07. The van der Waals surface area contributed by atoms with Crippen LogP contribution in [-0.2, 0) is 0 Å². The summed E-state index contributed by atoms with van der Waals surface area (Å²) in [6.45, 7) is 10.5. The van der Waals surface area contributed by atoms with E-state index in [4.69, 9.17) is 0 Å². The molecule has 1 aromatic rings. The van der Waals surface area contributed by atoms with E-state index >= 15 is 0 Å². The maximum absolute atomic E-state index is 4.64. The lowest BCUT2D eigenvalue weighted by molar-refractivity contribution is 0.538. The van der Waals surface area contributed by atoms with Gasteiger partial charge in [-0.3, -0.25) is 0 Å². The Kier molecular flexibility index (Phi) is 5.54. The highest BCUT2D eigenvalue weighted by Gasteiger charge is 2.12. The van der Waals surface area contributed by atoms with E-state index in [1.165, 1.54) is 0 Å². The predicted molar refractivity (Wildman–Crippen MR) is 77.2 cm³/mol. The highest BCUT2D eigenvalue weighted by molar-refractivity contribution is 5.32. The molecule has 0 aromatic carbocycles. The summed E-state index contributed by atoms with van der Waals surface area (Å²) in [6.07, 6.45) is 0. The number of anilines is 1. The zero-order valence-electron chi connectivity index (χ0n) is 12.5. The molecule has 0 amide bonds. The molecule has 0 radical (unpaired) electrons. The molecule has 1 N–H and O–H groups in total. The molecule has 0 saturated carbocycles. The molecule has 0 aliphatic heterocycles. The summed E-state index contributed by atoms with van der Waals surface area (Å²) < 4.78 is 0. The Labute approximate surface area is 111 Å². The van der Waals surface area contributed by atoms with E-state index in [1.807, 2.05) is 14.0 Å². The third kappa shape index (κ3) is 4.26. The third-order valence-electron chi connectivity index (χ3n) is 2.93. The first-order valence-electron chi connectivity index (χ1n) is 6.65. The molecule has 4 nitrogen and oxygen atoms in total. The Bertz CT molecular complexity index is 376. The first-order valence-corrected chi connectivity index (χ1v) is 6.65. The van der Waals surface area contributed by atoms with Crippen molar-refractivity contribution in [1.82, 2.24) is 15.3 Å². The second-order valence-corrected chi connectivity index (χ2v) is 5.43. The molecule has 102 valence electrons. The van der Waals surface area contributed by atoms with Gasteiger partial charge in [-0.1, -0.05) is 20.8 Å². The molecular formula is C14H26N4. The lowest BCUT2D eigenvalue weighted by atomic mass is 10.1. The van der Waals surface area contributed by atoms with Crippen LogP contribution in [0.4, 0.5) is 5.95 Å². The first kappa shape index (κ1) is 14.9. The van der Waals surface area contributed by atoms with Crippen LogP contribution >= 0.6 is 0 Å². The SMILES string of the molecule is CNCC(C)CN(C)c1nc(C)cc(C(C)C)n1. The van der Waals surface area contributed by atoms with E-state index in [2.05, 4.69) is 54.1 Å². The molecule has 0 bridgehead atoms. The molecule has 1 rings (SSSR count). The third-order valence-corrected chi connectivity index (χ3v) is 2.93. The summed E-state index contributed by atoms with van der Waals surface area (Å²) in [7, 11) is 4.04. The van der Waals surface area contributed by atoms with Gasteiger partial charge >= 0.3 is 0 Å². The van der Waals surface area contributed by atoms with E-state index in [9.17, 15) is 0 Å². The van der Waals surface area contributed by atoms with Crippen LogP contribution in [0, 0.1) is 12.8 Å². The summed E-state index contributed by atoms with van der Waals surface area (Å²) >= 11 is 0. The van der Waals surface area contributed by atoms with Gasteiger partial charge in [0, 0.05) is 25.0 Å². The normalized spacial score (nSPS) is 12.8. The molecule has 18 heavy (non-hydrogen) atoms. The average molecular weight is 250 g/mol. The lowest BCUT2D eigenvalue weighted by Crippen LogP contribution is -2.31. The molecule has 1 atom stereocenters. The molecule has 4 heteroatoms. The zero-order chi connectivity index (χ0) is 13.7. The van der Waals surface area contributed by atoms with Crippen LogP contribution in [0.15, 0.2) is 6.07 Å². The van der Waals surface area contributed by atoms with Crippen molar-refractivity contribution < 1.29 is 0 Å². The van der Waals surface area contributed by atoms with Crippen LogP contribution in [-0.4, -0.2) is 37.2 Å². The number of nitrogens with zero attached hydrogens (tertiary/aromatic N) is 3. The molecule has 0 fully saturated rings. The minimum Gasteiger partial charge on any atom is -0.344 e. The fraction of sp³-hybridized carbons (Fsp3) is 0.714. The number of hydrogen-bond acceptors (Lipinski definition) is 4. The second kappa shape index (κ2) is 6.69. The van der Waals surface area contributed by atoms with Crippen molar-refractivity contribution in [1.29, 1.82) is 0 Å². The van der Waals surface area contributed by atoms with Crippen molar-refractivity contribution in [3.05, 3.63) is 17.5 Å². The van der Waals surface area contributed by atoms with Gasteiger partial charge in [0.05, 0.1) is 0 Å². The summed E-state index contributed by atoms with van der Waals surface area (Å²) in [4.78, 5) is 11.3. The smallest absolute Gasteiger partial charge is 0.225 e. The minimum atomic E-state index is 0.439. The van der Waals surface area contributed by atoms with Crippen molar-refractivity contribution in [3.63, 3.8) is 0 Å². The molecule has 0 saturated heterocycles. The zero-order valence-corrected chi connectivity index (χ0v) is 12.5. The molecule has 0 aliphatic carbocycles. The fourth-order valence-corrected chi connectivity index (χ4v) is 2.01. The number of nitrogens with one attached hydrogen (secondary N) is 1. The Morgan fingerprint density at radius 1 is 1.28 bits per heavy atom. The fourth-order valence-electron chi connectivity index (χ4n) is 2.01. The van der Waals surface area contributed by atoms with E-state index in [0.29, 0.717) is 11.8 Å². The number of hydrogen-bond donors (Lipinski definition) is 1. The molecule has 0 spiro atoms. The Morgan fingerprint density at radius 2 is 1.94 bits per heavy atom. The van der Waals surface area contributed by atoms with Gasteiger partial charge in [-0.25, -0.2) is 9.97 Å². The van der Waals surface area contributed by atoms with E-state index < -0.39 is 0 Å². The van der Waals surface area contributed by atoms with Crippen molar-refractivity contribution in [2.24, 2.45) is 5.92 Å². The van der Waals surface area contributed by atoms with Gasteiger partial charge in [-0.2, -0.15) is 0 Å². The van der Waals surface area contributed by atoms with Crippen LogP contribution in [0.1, 0.15) is 38.1 Å². The lowest BCUT2D eigenvalue weighted by Gasteiger charge is -2.22. The standard InChI is InChI=1S/C14H26N4/c1-10(2)13-7-12(4)16-14(17-13)18(6)9-11(3)8-15-5/h7,10-11,15H,8-9H2,1-6H3. The molecule has 1 aromatic heterocycles. The number of rotatable bonds is 6. The van der Waals surface area contributed by atoms with Gasteiger partial charge in [-0.15, -0.1) is 0 Å². The molecule has 0 aliphatic rings. The van der Waals surface area contributed by atoms with E-state index in [-0.39, 0.29) is 0 Å².